The van der Waals surface area contributed by atoms with Crippen LogP contribution in [0.2, 0.25) is 0 Å². The van der Waals surface area contributed by atoms with E-state index in [4.69, 9.17) is 9.47 Å². The Hall–Kier alpha value is -2.41. The van der Waals surface area contributed by atoms with Crippen LogP contribution in [0.5, 0.6) is 11.5 Å². The molecule has 1 aliphatic rings. The van der Waals surface area contributed by atoms with Crippen molar-refractivity contribution in [2.45, 2.75) is 18.0 Å². The molecule has 0 N–H and O–H groups in total. The second-order valence-corrected chi connectivity index (χ2v) is 6.69. The number of carbonyl (C=O) groups is 1. The molecule has 1 aromatic heterocycles. The van der Waals surface area contributed by atoms with Crippen LogP contribution in [0.15, 0.2) is 41.6 Å². The topological polar surface area (TPSA) is 65.7 Å². The van der Waals surface area contributed by atoms with Crippen LogP contribution in [-0.2, 0) is 17.8 Å². The Morgan fingerprint density at radius 3 is 2.64 bits per heavy atom. The third kappa shape index (κ3) is 3.82. The van der Waals surface area contributed by atoms with Crippen LogP contribution in [0.1, 0.15) is 11.1 Å². The van der Waals surface area contributed by atoms with Crippen LogP contribution in [-0.4, -0.2) is 37.3 Å². The summed E-state index contributed by atoms with van der Waals surface area (Å²) in [6.45, 7) is 1.20. The zero-order valence-corrected chi connectivity index (χ0v) is 15.0. The summed E-state index contributed by atoms with van der Waals surface area (Å²) >= 11 is 1.26. The number of ether oxygens (including phenoxy) is 2. The van der Waals surface area contributed by atoms with Crippen molar-refractivity contribution in [1.29, 1.82) is 0 Å². The van der Waals surface area contributed by atoms with Crippen LogP contribution < -0.4 is 14.2 Å². The molecule has 0 radical (unpaired) electrons. The predicted molar refractivity (Wildman–Crippen MR) is 94.8 cm³/mol. The lowest BCUT2D eigenvalue weighted by Crippen LogP contribution is -2.37. The van der Waals surface area contributed by atoms with Crippen molar-refractivity contribution >= 4 is 17.7 Å². The molecular weight excluding hydrogens is 340 g/mol. The van der Waals surface area contributed by atoms with Gasteiger partial charge in [0.2, 0.25) is 5.91 Å². The number of carbonyl (C=O) groups excluding carboxylic acids is 1. The van der Waals surface area contributed by atoms with E-state index < -0.39 is 0 Å². The van der Waals surface area contributed by atoms with Crippen molar-refractivity contribution < 1.29 is 19.0 Å². The number of aromatic nitrogens is 1. The lowest BCUT2D eigenvalue weighted by Gasteiger charge is -2.29. The number of benzene rings is 1. The summed E-state index contributed by atoms with van der Waals surface area (Å²) in [4.78, 5) is 14.3. The van der Waals surface area contributed by atoms with Gasteiger partial charge in [-0.2, -0.15) is 4.73 Å². The van der Waals surface area contributed by atoms with Gasteiger partial charge in [0, 0.05) is 25.2 Å². The first-order valence-electron chi connectivity index (χ1n) is 7.95. The smallest absolute Gasteiger partial charge is 0.251 e. The fraction of sp³-hybridized carbons (Fsp3) is 0.333. The van der Waals surface area contributed by atoms with E-state index in [-0.39, 0.29) is 11.7 Å². The second kappa shape index (κ2) is 7.65. The van der Waals surface area contributed by atoms with Crippen molar-refractivity contribution in [2.24, 2.45) is 0 Å². The number of fused-ring (bicyclic) bond motifs is 1. The zero-order valence-electron chi connectivity index (χ0n) is 14.2. The highest BCUT2D eigenvalue weighted by Gasteiger charge is 2.23. The Bertz CT molecular complexity index is 782. The number of rotatable bonds is 5. The molecule has 1 aliphatic heterocycles. The summed E-state index contributed by atoms with van der Waals surface area (Å²) in [5.74, 6) is 1.64. The van der Waals surface area contributed by atoms with Gasteiger partial charge in [0.25, 0.3) is 5.03 Å². The van der Waals surface area contributed by atoms with Gasteiger partial charge >= 0.3 is 0 Å². The van der Waals surface area contributed by atoms with E-state index >= 15 is 0 Å². The SMILES string of the molecule is COc1cc2c(cc1OC)CN(C(=O)CSc1cccc[n+]1[O-])CC2. The van der Waals surface area contributed by atoms with Gasteiger partial charge in [0.05, 0.1) is 20.0 Å². The molecule has 0 bridgehead atoms. The molecule has 1 amide bonds. The molecule has 1 aromatic carbocycles. The molecule has 0 fully saturated rings. The molecule has 6 nitrogen and oxygen atoms in total. The first-order chi connectivity index (χ1) is 12.1. The summed E-state index contributed by atoms with van der Waals surface area (Å²) in [5.41, 5.74) is 2.25. The van der Waals surface area contributed by atoms with E-state index in [0.29, 0.717) is 29.6 Å². The lowest BCUT2D eigenvalue weighted by atomic mass is 9.99. The molecule has 3 rings (SSSR count). The van der Waals surface area contributed by atoms with Gasteiger partial charge in [-0.05, 0) is 47.5 Å². The number of hydrogen-bond acceptors (Lipinski definition) is 5. The zero-order chi connectivity index (χ0) is 17.8. The van der Waals surface area contributed by atoms with Gasteiger partial charge in [0.15, 0.2) is 17.7 Å². The Kier molecular flexibility index (Phi) is 5.33. The van der Waals surface area contributed by atoms with Crippen molar-refractivity contribution in [1.82, 2.24) is 4.90 Å². The Morgan fingerprint density at radius 2 is 1.96 bits per heavy atom. The Labute approximate surface area is 150 Å². The van der Waals surface area contributed by atoms with Gasteiger partial charge in [-0.25, -0.2) is 0 Å². The molecule has 0 saturated carbocycles. The Balaban J connectivity index is 1.67. The minimum atomic E-state index is 0.0225. The quantitative estimate of drug-likeness (QED) is 0.464. The predicted octanol–water partition coefficient (Wildman–Crippen LogP) is 2.01. The number of pyridine rings is 1. The highest BCUT2D eigenvalue weighted by Crippen LogP contribution is 2.33. The molecule has 0 aliphatic carbocycles. The first-order valence-corrected chi connectivity index (χ1v) is 8.93. The summed E-state index contributed by atoms with van der Waals surface area (Å²) < 4.78 is 11.5. The van der Waals surface area contributed by atoms with Crippen molar-refractivity contribution in [3.8, 4) is 11.5 Å². The number of nitrogens with zero attached hydrogens (tertiary/aromatic N) is 2. The number of hydrogen-bond donors (Lipinski definition) is 0. The summed E-state index contributed by atoms with van der Waals surface area (Å²) in [5, 5.41) is 12.2. The molecule has 0 saturated heterocycles. The van der Waals surface area contributed by atoms with Gasteiger partial charge in [-0.1, -0.05) is 0 Å². The fourth-order valence-electron chi connectivity index (χ4n) is 2.85. The fourth-order valence-corrected chi connectivity index (χ4v) is 3.66. The van der Waals surface area contributed by atoms with Gasteiger partial charge < -0.3 is 19.6 Å². The normalized spacial score (nSPS) is 13.3. The van der Waals surface area contributed by atoms with Crippen molar-refractivity contribution in [3.05, 3.63) is 52.9 Å². The van der Waals surface area contributed by atoms with E-state index in [2.05, 4.69) is 0 Å². The van der Waals surface area contributed by atoms with Crippen LogP contribution in [0, 0.1) is 5.21 Å². The summed E-state index contributed by atoms with van der Waals surface area (Å²) in [6, 6.07) is 9.09. The monoisotopic (exact) mass is 360 g/mol. The summed E-state index contributed by atoms with van der Waals surface area (Å²) in [7, 11) is 3.22. The van der Waals surface area contributed by atoms with Crippen LogP contribution in [0.3, 0.4) is 0 Å². The number of amides is 1. The molecule has 0 atom stereocenters. The van der Waals surface area contributed by atoms with E-state index in [0.717, 1.165) is 16.7 Å². The average Bonchev–Trinajstić information content (AvgIpc) is 2.65. The molecule has 2 heterocycles. The lowest BCUT2D eigenvalue weighted by molar-refractivity contribution is -0.645. The standard InChI is InChI=1S/C18H20N2O4S/c1-23-15-9-13-6-8-19(11-14(13)10-16(15)24-2)17(21)12-25-18-5-3-4-7-20(18)22/h3-5,7,9-10H,6,8,11-12H2,1-2H3. The van der Waals surface area contributed by atoms with Crippen LogP contribution in [0.4, 0.5) is 0 Å². The van der Waals surface area contributed by atoms with E-state index in [1.54, 1.807) is 32.4 Å². The van der Waals surface area contributed by atoms with Crippen molar-refractivity contribution in [3.63, 3.8) is 0 Å². The van der Waals surface area contributed by atoms with E-state index in [1.165, 1.54) is 23.5 Å². The number of methoxy groups -OCH3 is 2. The molecule has 2 aromatic rings. The molecule has 25 heavy (non-hydrogen) atoms. The van der Waals surface area contributed by atoms with Crippen LogP contribution >= 0.6 is 11.8 Å². The molecular formula is C18H20N2O4S. The Morgan fingerprint density at radius 1 is 1.24 bits per heavy atom. The molecule has 0 unspecified atom stereocenters. The van der Waals surface area contributed by atoms with Crippen molar-refractivity contribution in [2.75, 3.05) is 26.5 Å². The molecule has 0 spiro atoms. The summed E-state index contributed by atoms with van der Waals surface area (Å²) in [6.07, 6.45) is 2.21. The van der Waals surface area contributed by atoms with Gasteiger partial charge in [0.1, 0.15) is 0 Å². The highest BCUT2D eigenvalue weighted by molar-refractivity contribution is 7.99. The number of thioether (sulfide) groups is 1. The second-order valence-electron chi connectivity index (χ2n) is 5.69. The van der Waals surface area contributed by atoms with E-state index in [9.17, 15) is 10.0 Å². The van der Waals surface area contributed by atoms with Gasteiger partial charge in [-0.15, -0.1) is 0 Å². The van der Waals surface area contributed by atoms with Gasteiger partial charge in [-0.3, -0.25) is 4.79 Å². The third-order valence-electron chi connectivity index (χ3n) is 4.20. The third-order valence-corrected chi connectivity index (χ3v) is 5.21. The first kappa shape index (κ1) is 17.4. The van der Waals surface area contributed by atoms with Crippen LogP contribution in [0.25, 0.3) is 0 Å². The average molecular weight is 360 g/mol. The maximum Gasteiger partial charge on any atom is 0.251 e. The largest absolute Gasteiger partial charge is 0.618 e. The maximum absolute atomic E-state index is 12.5. The molecule has 7 heteroatoms. The molecule has 132 valence electrons. The van der Waals surface area contributed by atoms with E-state index in [1.807, 2.05) is 17.0 Å². The highest BCUT2D eigenvalue weighted by atomic mass is 32.2. The minimum absolute atomic E-state index is 0.0225. The maximum atomic E-state index is 12.5. The minimum Gasteiger partial charge on any atom is -0.618 e.